The first-order valence-corrected chi connectivity index (χ1v) is 10.3. The van der Waals surface area contributed by atoms with Crippen molar-refractivity contribution >= 4 is 29.1 Å². The summed E-state index contributed by atoms with van der Waals surface area (Å²) in [5, 5.41) is 12.9. The zero-order valence-electron chi connectivity index (χ0n) is 17.3. The summed E-state index contributed by atoms with van der Waals surface area (Å²) in [6.45, 7) is 5.50. The van der Waals surface area contributed by atoms with Gasteiger partial charge in [0.25, 0.3) is 5.91 Å². The Balaban J connectivity index is 2.18. The molecule has 0 atom stereocenters. The standard InChI is InChI=1S/C22H28ClNO5/c1-12(2)21(27)29-19-18(17-15(23)9-13(3)10-16(17)28-4)20(26)24-22(19)7-5-14(11-25)6-8-22/h9-10,12,14,25H,5-8,11H2,1-4H3,(H,24,26). The molecule has 1 fully saturated rings. The molecule has 0 aromatic heterocycles. The number of hydrogen-bond donors (Lipinski definition) is 2. The second-order valence-corrected chi connectivity index (χ2v) is 8.67. The predicted molar refractivity (Wildman–Crippen MR) is 111 cm³/mol. The fourth-order valence-electron chi connectivity index (χ4n) is 4.09. The average Bonchev–Trinajstić information content (AvgIpc) is 2.92. The minimum Gasteiger partial charge on any atom is -0.496 e. The van der Waals surface area contributed by atoms with Gasteiger partial charge in [-0.25, -0.2) is 0 Å². The van der Waals surface area contributed by atoms with Crippen LogP contribution in [0.1, 0.15) is 50.7 Å². The number of nitrogens with one attached hydrogen (secondary N) is 1. The average molecular weight is 422 g/mol. The Hall–Kier alpha value is -2.05. The summed E-state index contributed by atoms with van der Waals surface area (Å²) in [7, 11) is 1.52. The number of ether oxygens (including phenoxy) is 2. The third-order valence-corrected chi connectivity index (χ3v) is 6.10. The third kappa shape index (κ3) is 4.01. The molecular formula is C22H28ClNO5. The summed E-state index contributed by atoms with van der Waals surface area (Å²) >= 11 is 6.53. The van der Waals surface area contributed by atoms with Crippen molar-refractivity contribution in [3.63, 3.8) is 0 Å². The number of amides is 1. The highest BCUT2D eigenvalue weighted by Crippen LogP contribution is 2.47. The van der Waals surface area contributed by atoms with Crippen molar-refractivity contribution in [2.75, 3.05) is 13.7 Å². The predicted octanol–water partition coefficient (Wildman–Crippen LogP) is 3.62. The molecule has 158 valence electrons. The van der Waals surface area contributed by atoms with Gasteiger partial charge in [-0.2, -0.15) is 0 Å². The van der Waals surface area contributed by atoms with E-state index in [-0.39, 0.29) is 29.9 Å². The first-order chi connectivity index (χ1) is 13.7. The van der Waals surface area contributed by atoms with E-state index in [0.717, 1.165) is 18.4 Å². The van der Waals surface area contributed by atoms with E-state index in [1.165, 1.54) is 7.11 Å². The van der Waals surface area contributed by atoms with Crippen molar-refractivity contribution in [2.24, 2.45) is 11.8 Å². The SMILES string of the molecule is COc1cc(C)cc(Cl)c1C1=C(OC(=O)C(C)C)C2(CCC(CO)CC2)NC1=O. The van der Waals surface area contributed by atoms with Gasteiger partial charge in [0, 0.05) is 6.61 Å². The number of esters is 1. The maximum absolute atomic E-state index is 13.1. The van der Waals surface area contributed by atoms with Crippen LogP contribution in [-0.2, 0) is 14.3 Å². The maximum Gasteiger partial charge on any atom is 0.313 e. The van der Waals surface area contributed by atoms with Crippen LogP contribution in [0.3, 0.4) is 0 Å². The van der Waals surface area contributed by atoms with E-state index < -0.39 is 11.5 Å². The van der Waals surface area contributed by atoms with Crippen molar-refractivity contribution in [2.45, 2.75) is 52.0 Å². The Morgan fingerprint density at radius 1 is 1.34 bits per heavy atom. The molecule has 6 nitrogen and oxygen atoms in total. The van der Waals surface area contributed by atoms with Crippen LogP contribution < -0.4 is 10.1 Å². The maximum atomic E-state index is 13.1. The van der Waals surface area contributed by atoms with Crippen molar-refractivity contribution in [1.82, 2.24) is 5.32 Å². The number of rotatable bonds is 5. The second kappa shape index (κ2) is 8.36. The number of benzene rings is 1. The highest BCUT2D eigenvalue weighted by atomic mass is 35.5. The Morgan fingerprint density at radius 3 is 2.55 bits per heavy atom. The Labute approximate surface area is 176 Å². The van der Waals surface area contributed by atoms with Crippen molar-refractivity contribution in [3.05, 3.63) is 34.0 Å². The summed E-state index contributed by atoms with van der Waals surface area (Å²) in [6, 6.07) is 3.56. The van der Waals surface area contributed by atoms with Crippen LogP contribution in [0.4, 0.5) is 0 Å². The molecule has 1 amide bonds. The van der Waals surface area contributed by atoms with E-state index >= 15 is 0 Å². The molecular weight excluding hydrogens is 394 g/mol. The lowest BCUT2D eigenvalue weighted by atomic mass is 9.76. The number of aliphatic hydroxyl groups excluding tert-OH is 1. The summed E-state index contributed by atoms with van der Waals surface area (Å²) < 4.78 is 11.3. The number of methoxy groups -OCH3 is 1. The topological polar surface area (TPSA) is 84.9 Å². The molecule has 1 aromatic carbocycles. The molecule has 7 heteroatoms. The zero-order chi connectivity index (χ0) is 21.3. The molecule has 1 heterocycles. The fraction of sp³-hybridized carbons (Fsp3) is 0.545. The molecule has 0 unspecified atom stereocenters. The smallest absolute Gasteiger partial charge is 0.313 e. The molecule has 0 saturated heterocycles. The number of carbonyl (C=O) groups is 2. The number of aliphatic hydroxyl groups is 1. The van der Waals surface area contributed by atoms with E-state index in [4.69, 9.17) is 21.1 Å². The van der Waals surface area contributed by atoms with E-state index in [9.17, 15) is 14.7 Å². The second-order valence-electron chi connectivity index (χ2n) is 8.27. The molecule has 2 aliphatic rings. The summed E-state index contributed by atoms with van der Waals surface area (Å²) in [5.74, 6) is -0.120. The fourth-order valence-corrected chi connectivity index (χ4v) is 4.45. The molecule has 1 saturated carbocycles. The molecule has 0 bridgehead atoms. The molecule has 2 N–H and O–H groups in total. The molecule has 29 heavy (non-hydrogen) atoms. The Morgan fingerprint density at radius 2 is 2.00 bits per heavy atom. The number of aryl methyl sites for hydroxylation is 1. The molecule has 1 aromatic rings. The van der Waals surface area contributed by atoms with Gasteiger partial charge < -0.3 is 19.9 Å². The largest absolute Gasteiger partial charge is 0.496 e. The van der Waals surface area contributed by atoms with Gasteiger partial charge in [0.2, 0.25) is 0 Å². The highest BCUT2D eigenvalue weighted by molar-refractivity contribution is 6.36. The van der Waals surface area contributed by atoms with Crippen LogP contribution in [0.15, 0.2) is 17.9 Å². The first-order valence-electron chi connectivity index (χ1n) is 9.96. The van der Waals surface area contributed by atoms with Crippen molar-refractivity contribution in [1.29, 1.82) is 0 Å². The quantitative estimate of drug-likeness (QED) is 0.709. The Kier molecular flexibility index (Phi) is 6.24. The Bertz CT molecular complexity index is 853. The number of halogens is 1. The van der Waals surface area contributed by atoms with Crippen LogP contribution in [0, 0.1) is 18.8 Å². The van der Waals surface area contributed by atoms with Crippen LogP contribution in [0.25, 0.3) is 5.57 Å². The van der Waals surface area contributed by atoms with Crippen LogP contribution in [0.5, 0.6) is 5.75 Å². The van der Waals surface area contributed by atoms with E-state index in [1.807, 2.05) is 6.92 Å². The van der Waals surface area contributed by atoms with Crippen LogP contribution in [-0.4, -0.2) is 36.2 Å². The van der Waals surface area contributed by atoms with Gasteiger partial charge >= 0.3 is 5.97 Å². The van der Waals surface area contributed by atoms with Crippen LogP contribution in [0.2, 0.25) is 5.02 Å². The summed E-state index contributed by atoms with van der Waals surface area (Å²) in [5.41, 5.74) is 0.809. The van der Waals surface area contributed by atoms with Crippen LogP contribution >= 0.6 is 11.6 Å². The number of carbonyl (C=O) groups excluding carboxylic acids is 2. The normalized spacial score (nSPS) is 24.2. The number of hydrogen-bond acceptors (Lipinski definition) is 5. The molecule has 3 rings (SSSR count). The van der Waals surface area contributed by atoms with Gasteiger partial charge in [0.15, 0.2) is 0 Å². The van der Waals surface area contributed by atoms with E-state index in [2.05, 4.69) is 5.32 Å². The van der Waals surface area contributed by atoms with Gasteiger partial charge in [-0.15, -0.1) is 0 Å². The lowest BCUT2D eigenvalue weighted by Crippen LogP contribution is -2.48. The van der Waals surface area contributed by atoms with Crippen molar-refractivity contribution < 1.29 is 24.2 Å². The minimum absolute atomic E-state index is 0.110. The monoisotopic (exact) mass is 421 g/mol. The lowest BCUT2D eigenvalue weighted by molar-refractivity contribution is -0.144. The van der Waals surface area contributed by atoms with Gasteiger partial charge in [-0.3, -0.25) is 9.59 Å². The third-order valence-electron chi connectivity index (χ3n) is 5.80. The van der Waals surface area contributed by atoms with E-state index in [0.29, 0.717) is 34.9 Å². The van der Waals surface area contributed by atoms with Gasteiger partial charge in [-0.05, 0) is 56.2 Å². The summed E-state index contributed by atoms with van der Waals surface area (Å²) in [4.78, 5) is 25.7. The van der Waals surface area contributed by atoms with Crippen molar-refractivity contribution in [3.8, 4) is 5.75 Å². The molecule has 1 aliphatic heterocycles. The van der Waals surface area contributed by atoms with E-state index in [1.54, 1.807) is 26.0 Å². The lowest BCUT2D eigenvalue weighted by Gasteiger charge is -2.38. The van der Waals surface area contributed by atoms with Gasteiger partial charge in [0.05, 0.1) is 34.7 Å². The van der Waals surface area contributed by atoms with Gasteiger partial charge in [-0.1, -0.05) is 25.4 Å². The molecule has 1 aliphatic carbocycles. The molecule has 0 radical (unpaired) electrons. The molecule has 1 spiro atoms. The highest BCUT2D eigenvalue weighted by Gasteiger charge is 2.50. The zero-order valence-corrected chi connectivity index (χ0v) is 18.1. The van der Waals surface area contributed by atoms with Gasteiger partial charge in [0.1, 0.15) is 11.5 Å². The minimum atomic E-state index is -0.776. The summed E-state index contributed by atoms with van der Waals surface area (Å²) in [6.07, 6.45) is 2.62. The first kappa shape index (κ1) is 21.7.